The molecule has 0 heterocycles. The lowest BCUT2D eigenvalue weighted by molar-refractivity contribution is -0.0498. The first-order chi connectivity index (χ1) is 8.87. The van der Waals surface area contributed by atoms with Crippen LogP contribution in [0.15, 0.2) is 24.3 Å². The van der Waals surface area contributed by atoms with Gasteiger partial charge in [0.25, 0.3) is 0 Å². The zero-order valence-corrected chi connectivity index (χ0v) is 11.7. The Morgan fingerprint density at radius 2 is 1.84 bits per heavy atom. The molecule has 1 unspecified atom stereocenters. The fourth-order valence-corrected chi connectivity index (χ4v) is 1.76. The number of hydrogen-bond donors (Lipinski definition) is 1. The van der Waals surface area contributed by atoms with E-state index in [0.717, 1.165) is 18.4 Å². The molecular formula is C14H22F2N2O. The van der Waals surface area contributed by atoms with Crippen molar-refractivity contribution in [3.63, 3.8) is 0 Å². The van der Waals surface area contributed by atoms with Crippen molar-refractivity contribution < 1.29 is 13.5 Å². The first-order valence-electron chi connectivity index (χ1n) is 6.28. The Balaban J connectivity index is 2.58. The lowest BCUT2D eigenvalue weighted by Crippen LogP contribution is -2.47. The number of benzene rings is 1. The number of nitrogens with two attached hydrogens (primary N) is 1. The zero-order chi connectivity index (χ0) is 14.5. The van der Waals surface area contributed by atoms with Crippen LogP contribution in [-0.4, -0.2) is 37.7 Å². The molecule has 0 amide bonds. The Morgan fingerprint density at radius 3 is 2.26 bits per heavy atom. The summed E-state index contributed by atoms with van der Waals surface area (Å²) < 4.78 is 28.3. The minimum absolute atomic E-state index is 0.0574. The van der Waals surface area contributed by atoms with Crippen LogP contribution in [0.5, 0.6) is 5.75 Å². The van der Waals surface area contributed by atoms with Crippen LogP contribution < -0.4 is 10.5 Å². The van der Waals surface area contributed by atoms with Gasteiger partial charge in [0.15, 0.2) is 0 Å². The monoisotopic (exact) mass is 272 g/mol. The molecule has 0 fully saturated rings. The molecule has 1 atom stereocenters. The van der Waals surface area contributed by atoms with Crippen molar-refractivity contribution in [2.75, 3.05) is 20.6 Å². The van der Waals surface area contributed by atoms with Gasteiger partial charge in [0.1, 0.15) is 5.75 Å². The van der Waals surface area contributed by atoms with Gasteiger partial charge in [-0.05, 0) is 51.6 Å². The molecule has 1 rings (SSSR count). The fraction of sp³-hybridized carbons (Fsp3) is 0.571. The number of alkyl halides is 2. The highest BCUT2D eigenvalue weighted by atomic mass is 19.3. The Labute approximate surface area is 113 Å². The van der Waals surface area contributed by atoms with Crippen LogP contribution in [0, 0.1) is 0 Å². The molecule has 0 aromatic heterocycles. The summed E-state index contributed by atoms with van der Waals surface area (Å²) in [5.74, 6) is 0.188. The summed E-state index contributed by atoms with van der Waals surface area (Å²) in [6.45, 7) is -0.0893. The van der Waals surface area contributed by atoms with E-state index in [1.165, 1.54) is 0 Å². The molecule has 1 aromatic carbocycles. The van der Waals surface area contributed by atoms with E-state index >= 15 is 0 Å². The van der Waals surface area contributed by atoms with Crippen molar-refractivity contribution in [2.45, 2.75) is 31.9 Å². The standard InChI is InChI=1S/C14H22F2N2O/c1-14(10-17,18(2)3)9-8-11-4-6-12(7-5-11)19-13(15)16/h4-7,13H,8-10,17H2,1-3H3. The molecule has 0 aliphatic carbocycles. The summed E-state index contributed by atoms with van der Waals surface area (Å²) in [6, 6.07) is 6.75. The highest BCUT2D eigenvalue weighted by molar-refractivity contribution is 5.27. The largest absolute Gasteiger partial charge is 0.435 e. The van der Waals surface area contributed by atoms with Crippen LogP contribution in [0.3, 0.4) is 0 Å². The molecule has 1 aromatic rings. The van der Waals surface area contributed by atoms with Gasteiger partial charge in [-0.1, -0.05) is 12.1 Å². The Bertz CT molecular complexity index is 382. The van der Waals surface area contributed by atoms with E-state index < -0.39 is 6.61 Å². The smallest absolute Gasteiger partial charge is 0.387 e. The summed E-state index contributed by atoms with van der Waals surface area (Å²) in [4.78, 5) is 2.11. The molecular weight excluding hydrogens is 250 g/mol. The van der Waals surface area contributed by atoms with Crippen molar-refractivity contribution in [2.24, 2.45) is 5.73 Å². The molecule has 19 heavy (non-hydrogen) atoms. The number of likely N-dealkylation sites (N-methyl/N-ethyl adjacent to an activating group) is 1. The van der Waals surface area contributed by atoms with Crippen molar-refractivity contribution >= 4 is 0 Å². The number of halogens is 2. The average molecular weight is 272 g/mol. The van der Waals surface area contributed by atoms with Crippen LogP contribution in [0.1, 0.15) is 18.9 Å². The van der Waals surface area contributed by atoms with E-state index in [9.17, 15) is 8.78 Å². The molecule has 0 bridgehead atoms. The number of rotatable bonds is 7. The van der Waals surface area contributed by atoms with Crippen LogP contribution in [0.2, 0.25) is 0 Å². The Kier molecular flexibility index (Phi) is 5.69. The summed E-state index contributed by atoms with van der Waals surface area (Å²) in [7, 11) is 4.01. The molecule has 5 heteroatoms. The number of hydrogen-bond acceptors (Lipinski definition) is 3. The maximum absolute atomic E-state index is 12.0. The van der Waals surface area contributed by atoms with Crippen molar-refractivity contribution in [3.8, 4) is 5.75 Å². The maximum atomic E-state index is 12.0. The molecule has 0 aliphatic rings. The van der Waals surface area contributed by atoms with Gasteiger partial charge in [-0.15, -0.1) is 0 Å². The van der Waals surface area contributed by atoms with E-state index in [1.54, 1.807) is 12.1 Å². The van der Waals surface area contributed by atoms with E-state index in [-0.39, 0.29) is 11.3 Å². The lowest BCUT2D eigenvalue weighted by Gasteiger charge is -2.35. The van der Waals surface area contributed by atoms with Crippen LogP contribution >= 0.6 is 0 Å². The van der Waals surface area contributed by atoms with Gasteiger partial charge < -0.3 is 15.4 Å². The van der Waals surface area contributed by atoms with Crippen molar-refractivity contribution in [1.82, 2.24) is 4.90 Å². The van der Waals surface area contributed by atoms with Gasteiger partial charge in [0.2, 0.25) is 0 Å². The summed E-state index contributed by atoms with van der Waals surface area (Å²) in [5, 5.41) is 0. The molecule has 0 radical (unpaired) electrons. The van der Waals surface area contributed by atoms with Crippen LogP contribution in [0.25, 0.3) is 0 Å². The zero-order valence-electron chi connectivity index (χ0n) is 11.7. The fourth-order valence-electron chi connectivity index (χ4n) is 1.76. The highest BCUT2D eigenvalue weighted by Gasteiger charge is 2.24. The number of ether oxygens (including phenoxy) is 1. The summed E-state index contributed by atoms with van der Waals surface area (Å²) >= 11 is 0. The summed E-state index contributed by atoms with van der Waals surface area (Å²) in [6.07, 6.45) is 1.76. The van der Waals surface area contributed by atoms with E-state index in [4.69, 9.17) is 5.73 Å². The second kappa shape index (κ2) is 6.82. The topological polar surface area (TPSA) is 38.5 Å². The molecule has 2 N–H and O–H groups in total. The van der Waals surface area contributed by atoms with Crippen molar-refractivity contribution in [1.29, 1.82) is 0 Å². The summed E-state index contributed by atoms with van der Waals surface area (Å²) in [5.41, 5.74) is 6.83. The van der Waals surface area contributed by atoms with Crippen molar-refractivity contribution in [3.05, 3.63) is 29.8 Å². The minimum Gasteiger partial charge on any atom is -0.435 e. The Hall–Kier alpha value is -1.20. The Morgan fingerprint density at radius 1 is 1.26 bits per heavy atom. The average Bonchev–Trinajstić information content (AvgIpc) is 2.36. The molecule has 0 aliphatic heterocycles. The molecule has 0 spiro atoms. The minimum atomic E-state index is -2.78. The number of aryl methyl sites for hydroxylation is 1. The van der Waals surface area contributed by atoms with E-state index in [1.807, 2.05) is 26.2 Å². The predicted octanol–water partition coefficient (Wildman–Crippen LogP) is 2.50. The van der Waals surface area contributed by atoms with E-state index in [2.05, 4.69) is 16.6 Å². The SMILES string of the molecule is CN(C)C(C)(CN)CCc1ccc(OC(F)F)cc1. The molecule has 0 saturated carbocycles. The first-order valence-corrected chi connectivity index (χ1v) is 6.28. The third kappa shape index (κ3) is 4.76. The third-order valence-corrected chi connectivity index (χ3v) is 3.62. The maximum Gasteiger partial charge on any atom is 0.387 e. The second-order valence-electron chi connectivity index (χ2n) is 5.12. The first kappa shape index (κ1) is 15.9. The van der Waals surface area contributed by atoms with Gasteiger partial charge in [-0.3, -0.25) is 0 Å². The van der Waals surface area contributed by atoms with Gasteiger partial charge in [0, 0.05) is 12.1 Å². The van der Waals surface area contributed by atoms with Crippen LogP contribution in [0.4, 0.5) is 8.78 Å². The molecule has 108 valence electrons. The second-order valence-corrected chi connectivity index (χ2v) is 5.12. The number of nitrogens with zero attached hydrogens (tertiary/aromatic N) is 1. The van der Waals surface area contributed by atoms with Gasteiger partial charge in [-0.25, -0.2) is 0 Å². The lowest BCUT2D eigenvalue weighted by atomic mass is 9.92. The molecule has 3 nitrogen and oxygen atoms in total. The van der Waals surface area contributed by atoms with E-state index in [0.29, 0.717) is 6.54 Å². The quantitative estimate of drug-likeness (QED) is 0.829. The highest BCUT2D eigenvalue weighted by Crippen LogP contribution is 2.20. The predicted molar refractivity (Wildman–Crippen MR) is 72.5 cm³/mol. The van der Waals surface area contributed by atoms with Gasteiger partial charge in [-0.2, -0.15) is 8.78 Å². The third-order valence-electron chi connectivity index (χ3n) is 3.62. The molecule has 0 saturated heterocycles. The van der Waals surface area contributed by atoms with Gasteiger partial charge >= 0.3 is 6.61 Å². The normalized spacial score (nSPS) is 14.7. The van der Waals surface area contributed by atoms with Crippen LogP contribution in [-0.2, 0) is 6.42 Å². The van der Waals surface area contributed by atoms with Gasteiger partial charge in [0.05, 0.1) is 0 Å².